The lowest BCUT2D eigenvalue weighted by atomic mass is 9.73. The number of hydrogen-bond donors (Lipinski definition) is 0. The van der Waals surface area contributed by atoms with Crippen molar-refractivity contribution in [2.45, 2.75) is 31.7 Å². The van der Waals surface area contributed by atoms with Crippen LogP contribution in [0, 0.1) is 5.92 Å². The van der Waals surface area contributed by atoms with Crippen molar-refractivity contribution in [1.82, 2.24) is 24.3 Å². The van der Waals surface area contributed by atoms with Crippen LogP contribution in [0.15, 0.2) is 30.9 Å². The summed E-state index contributed by atoms with van der Waals surface area (Å²) in [6.45, 7) is 1.01. The van der Waals surface area contributed by atoms with E-state index in [-0.39, 0.29) is 5.69 Å². The van der Waals surface area contributed by atoms with Gasteiger partial charge >= 0.3 is 0 Å². The van der Waals surface area contributed by atoms with E-state index in [4.69, 9.17) is 0 Å². The Bertz CT molecular complexity index is 931. The van der Waals surface area contributed by atoms with Gasteiger partial charge in [0.25, 0.3) is 6.43 Å². The molecule has 1 aliphatic carbocycles. The topological polar surface area (TPSA) is 59.2 Å². The molecule has 0 N–H and O–H groups in total. The molecule has 8 heteroatoms. The normalized spacial score (nSPS) is 22.4. The van der Waals surface area contributed by atoms with E-state index < -0.39 is 6.43 Å². The Morgan fingerprint density at radius 2 is 2.00 bits per heavy atom. The van der Waals surface area contributed by atoms with Gasteiger partial charge in [-0.2, -0.15) is 0 Å². The Kier molecular flexibility index (Phi) is 3.19. The van der Waals surface area contributed by atoms with Crippen LogP contribution >= 0.6 is 0 Å². The van der Waals surface area contributed by atoms with Gasteiger partial charge in [-0.05, 0) is 31.2 Å². The first-order valence-corrected chi connectivity index (χ1v) is 8.40. The molecule has 3 aromatic heterocycles. The smallest absolute Gasteiger partial charge is 0.281 e. The average Bonchev–Trinajstić information content (AvgIpc) is 3.04. The molecular formula is C17H16F2N6. The lowest BCUT2D eigenvalue weighted by Gasteiger charge is -2.49. The van der Waals surface area contributed by atoms with E-state index in [0.717, 1.165) is 18.3 Å². The molecule has 2 saturated heterocycles. The highest BCUT2D eigenvalue weighted by molar-refractivity contribution is 5.58. The number of nitrogens with zero attached hydrogens (tertiary/aromatic N) is 6. The van der Waals surface area contributed by atoms with Gasteiger partial charge in [-0.15, -0.1) is 0 Å². The maximum Gasteiger partial charge on any atom is 0.281 e. The predicted octanol–water partition coefficient (Wildman–Crippen LogP) is 3.11. The second-order valence-corrected chi connectivity index (χ2v) is 6.70. The van der Waals surface area contributed by atoms with Gasteiger partial charge in [-0.3, -0.25) is 4.40 Å². The van der Waals surface area contributed by atoms with Crippen molar-refractivity contribution in [2.24, 2.45) is 5.92 Å². The summed E-state index contributed by atoms with van der Waals surface area (Å²) < 4.78 is 27.5. The number of aromatic nitrogens is 5. The molecule has 6 rings (SSSR count). The van der Waals surface area contributed by atoms with Crippen molar-refractivity contribution >= 4 is 11.5 Å². The number of anilines is 1. The summed E-state index contributed by atoms with van der Waals surface area (Å²) in [5.41, 5.74) is 0.789. The third-order valence-corrected chi connectivity index (χ3v) is 5.23. The van der Waals surface area contributed by atoms with Crippen LogP contribution in [0.1, 0.15) is 31.4 Å². The third kappa shape index (κ3) is 2.35. The van der Waals surface area contributed by atoms with E-state index in [0.29, 0.717) is 23.2 Å². The van der Waals surface area contributed by atoms with Gasteiger partial charge in [-0.25, -0.2) is 28.7 Å². The van der Waals surface area contributed by atoms with Crippen molar-refractivity contribution in [3.8, 4) is 11.5 Å². The zero-order valence-corrected chi connectivity index (χ0v) is 13.4. The molecule has 0 atom stereocenters. The standard InChI is InChI=1S/C17H16F2N6/c18-16(19)12-9-25-13(7-22-15(25)8-21-12)17-20-3-1-14(23-17)24-4-2-10-5-11(24)6-10/h1,3,7-11,16H,2,4-6H2. The Morgan fingerprint density at radius 1 is 1.12 bits per heavy atom. The second-order valence-electron chi connectivity index (χ2n) is 6.70. The molecule has 3 fully saturated rings. The summed E-state index contributed by atoms with van der Waals surface area (Å²) in [6, 6.07) is 2.48. The first-order valence-electron chi connectivity index (χ1n) is 8.40. The Morgan fingerprint density at radius 3 is 2.76 bits per heavy atom. The number of halogens is 2. The number of fused-ring (bicyclic) bond motifs is 3. The molecule has 2 aliphatic heterocycles. The monoisotopic (exact) mass is 342 g/mol. The van der Waals surface area contributed by atoms with Crippen LogP contribution in [0.5, 0.6) is 0 Å². The quantitative estimate of drug-likeness (QED) is 0.732. The van der Waals surface area contributed by atoms with Crippen molar-refractivity contribution in [1.29, 1.82) is 0 Å². The zero-order chi connectivity index (χ0) is 17.0. The number of imidazole rings is 1. The van der Waals surface area contributed by atoms with Gasteiger partial charge < -0.3 is 4.90 Å². The number of piperidine rings is 2. The fourth-order valence-corrected chi connectivity index (χ4v) is 3.81. The molecule has 3 aliphatic rings. The van der Waals surface area contributed by atoms with Gasteiger partial charge in [0.15, 0.2) is 11.5 Å². The molecular weight excluding hydrogens is 326 g/mol. The minimum absolute atomic E-state index is 0.292. The molecule has 0 radical (unpaired) electrons. The molecule has 0 amide bonds. The van der Waals surface area contributed by atoms with Crippen LogP contribution in [-0.2, 0) is 0 Å². The minimum atomic E-state index is -2.63. The van der Waals surface area contributed by atoms with Crippen LogP contribution in [0.25, 0.3) is 17.2 Å². The van der Waals surface area contributed by atoms with Crippen LogP contribution in [0.2, 0.25) is 0 Å². The number of alkyl halides is 2. The molecule has 2 bridgehead atoms. The van der Waals surface area contributed by atoms with Crippen LogP contribution in [0.3, 0.4) is 0 Å². The van der Waals surface area contributed by atoms with E-state index in [1.54, 1.807) is 16.8 Å². The van der Waals surface area contributed by atoms with Gasteiger partial charge in [0, 0.05) is 25.0 Å². The average molecular weight is 342 g/mol. The largest absolute Gasteiger partial charge is 0.353 e. The molecule has 25 heavy (non-hydrogen) atoms. The van der Waals surface area contributed by atoms with E-state index in [1.807, 2.05) is 6.07 Å². The maximum absolute atomic E-state index is 13.0. The number of rotatable bonds is 3. The fourth-order valence-electron chi connectivity index (χ4n) is 3.81. The lowest BCUT2D eigenvalue weighted by molar-refractivity contribution is 0.145. The highest BCUT2D eigenvalue weighted by Gasteiger charge is 2.39. The van der Waals surface area contributed by atoms with Gasteiger partial charge in [0.1, 0.15) is 17.2 Å². The van der Waals surface area contributed by atoms with Gasteiger partial charge in [-0.1, -0.05) is 0 Å². The van der Waals surface area contributed by atoms with Crippen LogP contribution in [-0.4, -0.2) is 36.9 Å². The lowest BCUT2D eigenvalue weighted by Crippen LogP contribution is -2.51. The van der Waals surface area contributed by atoms with E-state index in [2.05, 4.69) is 24.8 Å². The molecule has 6 nitrogen and oxygen atoms in total. The molecule has 1 saturated carbocycles. The Labute approximate surface area is 142 Å². The molecule has 128 valence electrons. The second kappa shape index (κ2) is 5.44. The summed E-state index contributed by atoms with van der Waals surface area (Å²) in [5, 5.41) is 0. The van der Waals surface area contributed by atoms with Crippen molar-refractivity contribution in [2.75, 3.05) is 11.4 Å². The Balaban J connectivity index is 1.56. The maximum atomic E-state index is 13.0. The van der Waals surface area contributed by atoms with Crippen LogP contribution in [0.4, 0.5) is 14.6 Å². The summed E-state index contributed by atoms with van der Waals surface area (Å²) >= 11 is 0. The van der Waals surface area contributed by atoms with E-state index in [1.165, 1.54) is 31.7 Å². The third-order valence-electron chi connectivity index (χ3n) is 5.23. The molecule has 5 heterocycles. The first-order chi connectivity index (χ1) is 12.2. The van der Waals surface area contributed by atoms with Gasteiger partial charge in [0.2, 0.25) is 0 Å². The molecule has 0 aromatic carbocycles. The highest BCUT2D eigenvalue weighted by Crippen LogP contribution is 2.41. The van der Waals surface area contributed by atoms with Gasteiger partial charge in [0.05, 0.1) is 12.4 Å². The summed E-state index contributed by atoms with van der Waals surface area (Å²) in [6.07, 6.45) is 7.00. The molecule has 3 aromatic rings. The van der Waals surface area contributed by atoms with E-state index in [9.17, 15) is 8.78 Å². The summed E-state index contributed by atoms with van der Waals surface area (Å²) in [5.74, 6) is 2.26. The van der Waals surface area contributed by atoms with Crippen LogP contribution < -0.4 is 4.90 Å². The van der Waals surface area contributed by atoms with Crippen molar-refractivity contribution < 1.29 is 8.78 Å². The first kappa shape index (κ1) is 14.7. The predicted molar refractivity (Wildman–Crippen MR) is 87.4 cm³/mol. The highest BCUT2D eigenvalue weighted by atomic mass is 19.3. The fraction of sp³-hybridized carbons (Fsp3) is 0.412. The SMILES string of the molecule is FC(F)c1cn2c(-c3nccc(N4CCC5CC4C5)n3)cnc2cn1. The van der Waals surface area contributed by atoms with E-state index >= 15 is 0 Å². The summed E-state index contributed by atoms with van der Waals surface area (Å²) in [4.78, 5) is 19.3. The zero-order valence-electron chi connectivity index (χ0n) is 13.4. The minimum Gasteiger partial charge on any atom is -0.353 e. The van der Waals surface area contributed by atoms with Crippen molar-refractivity contribution in [3.63, 3.8) is 0 Å². The number of hydrogen-bond acceptors (Lipinski definition) is 5. The summed E-state index contributed by atoms with van der Waals surface area (Å²) in [7, 11) is 0. The molecule has 0 spiro atoms. The van der Waals surface area contributed by atoms with Crippen molar-refractivity contribution in [3.05, 3.63) is 36.5 Å². The Hall–Kier alpha value is -2.64. The molecule has 0 unspecified atom stereocenters.